The summed E-state index contributed by atoms with van der Waals surface area (Å²) in [5.41, 5.74) is 19.7. The molecule has 0 spiro atoms. The number of benzene rings is 4. The first-order valence-electron chi connectivity index (χ1n) is 19.9. The van der Waals surface area contributed by atoms with E-state index in [1.807, 2.05) is 0 Å². The van der Waals surface area contributed by atoms with Crippen LogP contribution in [-0.4, -0.2) is 16.7 Å². The molecular weight excluding hydrogens is 639 g/mol. The average molecular weight is 691 g/mol. The topological polar surface area (TPSA) is 25.8 Å². The Balaban J connectivity index is 1.07. The molecule has 2 aromatic heterocycles. The molecule has 0 radical (unpaired) electrons. The van der Waals surface area contributed by atoms with Gasteiger partial charge in [0.05, 0.1) is 11.4 Å². The van der Waals surface area contributed by atoms with Gasteiger partial charge >= 0.3 is 0 Å². The van der Waals surface area contributed by atoms with E-state index in [0.717, 1.165) is 29.6 Å². The first kappa shape index (κ1) is 34.0. The fraction of sp³-hybridized carbons (Fsp3) is 0.320. The molecule has 2 unspecified atom stereocenters. The van der Waals surface area contributed by atoms with E-state index < -0.39 is 0 Å². The fourth-order valence-corrected chi connectivity index (χ4v) is 11.9. The Bertz CT molecular complexity index is 2220. The van der Waals surface area contributed by atoms with Crippen molar-refractivity contribution >= 4 is 23.1 Å². The summed E-state index contributed by atoms with van der Waals surface area (Å²) in [6.45, 7) is 13.7. The van der Waals surface area contributed by atoms with Crippen molar-refractivity contribution in [3.05, 3.63) is 160 Å². The van der Waals surface area contributed by atoms with Crippen molar-refractivity contribution in [3.8, 4) is 22.5 Å². The lowest BCUT2D eigenvalue weighted by molar-refractivity contribution is -0.0316. The van der Waals surface area contributed by atoms with Gasteiger partial charge in [0.2, 0.25) is 6.71 Å². The highest BCUT2D eigenvalue weighted by molar-refractivity contribution is 6.96. The van der Waals surface area contributed by atoms with Crippen LogP contribution in [0.4, 0.5) is 0 Å². The van der Waals surface area contributed by atoms with Gasteiger partial charge in [-0.2, -0.15) is 0 Å². The molecule has 2 atom stereocenters. The van der Waals surface area contributed by atoms with Gasteiger partial charge in [0.25, 0.3) is 0 Å². The number of rotatable bonds is 7. The molecule has 4 saturated carbocycles. The Labute approximate surface area is 317 Å². The van der Waals surface area contributed by atoms with E-state index in [2.05, 4.69) is 157 Å². The highest BCUT2D eigenvalue weighted by atomic mass is 14.8. The molecular formula is C50H51BN2. The number of hydrogen-bond donors (Lipinski definition) is 0. The van der Waals surface area contributed by atoms with Gasteiger partial charge in [0, 0.05) is 33.3 Å². The average Bonchev–Trinajstić information content (AvgIpc) is 3.13. The first-order valence-corrected chi connectivity index (χ1v) is 19.9. The minimum absolute atomic E-state index is 0.108. The van der Waals surface area contributed by atoms with E-state index in [1.165, 1.54) is 104 Å². The van der Waals surface area contributed by atoms with Gasteiger partial charge in [0.15, 0.2) is 0 Å². The highest BCUT2D eigenvalue weighted by Crippen LogP contribution is 2.65. The zero-order valence-electron chi connectivity index (χ0n) is 32.3. The maximum Gasteiger partial charge on any atom is 0.242 e. The second kappa shape index (κ2) is 13.0. The first-order chi connectivity index (χ1) is 25.6. The molecule has 4 fully saturated rings. The standard InChI is InChI=1S/C50H51BN2/c1-32-22-34(3)47(35(4)23-32)51(48-36(5)24-33(2)25-37(48)6)42-20-18-41(19-21-42)44-15-11-17-46(53-44)50-29-38-26-39(30-50)28-49(27-38,31-50)45-16-10-14-43(52-45)40-12-8-7-9-13-40/h7-25,38-39H,26-31H2,1-6H3. The van der Waals surface area contributed by atoms with E-state index in [0.29, 0.717) is 0 Å². The minimum atomic E-state index is 0.108. The molecule has 10 rings (SSSR count). The van der Waals surface area contributed by atoms with Crippen LogP contribution < -0.4 is 16.4 Å². The van der Waals surface area contributed by atoms with Gasteiger partial charge in [-0.15, -0.1) is 0 Å². The predicted molar refractivity (Wildman–Crippen MR) is 223 cm³/mol. The number of nitrogens with zero attached hydrogens (tertiary/aromatic N) is 2. The summed E-state index contributed by atoms with van der Waals surface area (Å²) in [6, 6.07) is 43.1. The molecule has 4 aliphatic carbocycles. The van der Waals surface area contributed by atoms with Crippen molar-refractivity contribution in [2.24, 2.45) is 11.8 Å². The van der Waals surface area contributed by atoms with Gasteiger partial charge in [-0.1, -0.05) is 141 Å². The Hall–Kier alpha value is -4.76. The van der Waals surface area contributed by atoms with Crippen molar-refractivity contribution in [2.75, 3.05) is 0 Å². The third-order valence-corrected chi connectivity index (χ3v) is 13.3. The zero-order valence-corrected chi connectivity index (χ0v) is 32.3. The van der Waals surface area contributed by atoms with Crippen LogP contribution in [0.15, 0.2) is 115 Å². The molecule has 0 saturated heterocycles. The molecule has 6 aromatic rings. The third kappa shape index (κ3) is 5.97. The van der Waals surface area contributed by atoms with Gasteiger partial charge < -0.3 is 0 Å². The van der Waals surface area contributed by atoms with Crippen LogP contribution in [-0.2, 0) is 10.8 Å². The van der Waals surface area contributed by atoms with Crippen molar-refractivity contribution in [1.82, 2.24) is 9.97 Å². The van der Waals surface area contributed by atoms with Crippen molar-refractivity contribution in [3.63, 3.8) is 0 Å². The molecule has 2 nitrogen and oxygen atoms in total. The monoisotopic (exact) mass is 690 g/mol. The summed E-state index contributed by atoms with van der Waals surface area (Å²) >= 11 is 0. The molecule has 53 heavy (non-hydrogen) atoms. The van der Waals surface area contributed by atoms with E-state index in [9.17, 15) is 0 Å². The lowest BCUT2D eigenvalue weighted by Crippen LogP contribution is -2.56. The fourth-order valence-electron chi connectivity index (χ4n) is 11.9. The van der Waals surface area contributed by atoms with E-state index >= 15 is 0 Å². The van der Waals surface area contributed by atoms with E-state index in [-0.39, 0.29) is 17.5 Å². The van der Waals surface area contributed by atoms with Gasteiger partial charge in [0.1, 0.15) is 0 Å². The summed E-state index contributed by atoms with van der Waals surface area (Å²) < 4.78 is 0. The second-order valence-corrected chi connectivity index (χ2v) is 17.4. The Morgan fingerprint density at radius 3 is 1.38 bits per heavy atom. The van der Waals surface area contributed by atoms with Crippen LogP contribution in [0.25, 0.3) is 22.5 Å². The lowest BCUT2D eigenvalue weighted by Gasteiger charge is -2.61. The number of aryl methyl sites for hydroxylation is 6. The van der Waals surface area contributed by atoms with Crippen molar-refractivity contribution in [2.45, 2.75) is 90.9 Å². The van der Waals surface area contributed by atoms with Crippen LogP contribution >= 0.6 is 0 Å². The Kier molecular flexibility index (Phi) is 8.33. The molecule has 0 amide bonds. The van der Waals surface area contributed by atoms with Crippen LogP contribution in [0.2, 0.25) is 0 Å². The lowest BCUT2D eigenvalue weighted by atomic mass is 9.34. The normalized spacial score (nSPS) is 23.0. The largest absolute Gasteiger partial charge is 0.252 e. The maximum absolute atomic E-state index is 5.57. The van der Waals surface area contributed by atoms with Crippen molar-refractivity contribution in [1.29, 1.82) is 0 Å². The summed E-state index contributed by atoms with van der Waals surface area (Å²) in [5, 5.41) is 0. The maximum atomic E-state index is 5.57. The minimum Gasteiger partial charge on any atom is -0.252 e. The Morgan fingerprint density at radius 1 is 0.491 bits per heavy atom. The number of pyridine rings is 2. The summed E-state index contributed by atoms with van der Waals surface area (Å²) in [6.07, 6.45) is 7.55. The quantitative estimate of drug-likeness (QED) is 0.156. The summed E-state index contributed by atoms with van der Waals surface area (Å²) in [4.78, 5) is 11.0. The summed E-state index contributed by atoms with van der Waals surface area (Å²) in [7, 11) is 0. The molecule has 264 valence electrons. The number of hydrogen-bond acceptors (Lipinski definition) is 2. The zero-order chi connectivity index (χ0) is 36.5. The molecule has 2 heterocycles. The smallest absolute Gasteiger partial charge is 0.242 e. The Morgan fingerprint density at radius 2 is 0.925 bits per heavy atom. The van der Waals surface area contributed by atoms with E-state index in [1.54, 1.807) is 0 Å². The third-order valence-electron chi connectivity index (χ3n) is 13.3. The van der Waals surface area contributed by atoms with Crippen LogP contribution in [0, 0.1) is 53.4 Å². The molecule has 4 aliphatic rings. The van der Waals surface area contributed by atoms with Crippen LogP contribution in [0.5, 0.6) is 0 Å². The molecule has 0 N–H and O–H groups in total. The van der Waals surface area contributed by atoms with Gasteiger partial charge in [-0.3, -0.25) is 9.97 Å². The highest BCUT2D eigenvalue weighted by Gasteiger charge is 2.59. The number of aromatic nitrogens is 2. The SMILES string of the molecule is Cc1cc(C)c(B(c2ccc(-c3cccc(C45CC6CC(CC(c7cccc(-c8ccccc8)n7)(C6)C4)C5)n3)cc2)c2c(C)cc(C)cc2C)c(C)c1. The molecule has 0 aliphatic heterocycles. The van der Waals surface area contributed by atoms with Crippen LogP contribution in [0.3, 0.4) is 0 Å². The van der Waals surface area contributed by atoms with E-state index in [4.69, 9.17) is 9.97 Å². The second-order valence-electron chi connectivity index (χ2n) is 17.4. The van der Waals surface area contributed by atoms with Crippen LogP contribution in [0.1, 0.15) is 83.3 Å². The molecule has 4 bridgehead atoms. The summed E-state index contributed by atoms with van der Waals surface area (Å²) in [5.74, 6) is 1.48. The molecule has 4 aromatic carbocycles. The molecule has 3 heteroatoms. The van der Waals surface area contributed by atoms with Gasteiger partial charge in [-0.05, 0) is 116 Å². The van der Waals surface area contributed by atoms with Crippen molar-refractivity contribution < 1.29 is 0 Å². The van der Waals surface area contributed by atoms with Gasteiger partial charge in [-0.25, -0.2) is 0 Å². The predicted octanol–water partition coefficient (Wildman–Crippen LogP) is 9.97.